The first-order valence-electron chi connectivity index (χ1n) is 6.82. The zero-order valence-electron chi connectivity index (χ0n) is 12.6. The molecule has 1 aromatic rings. The molecule has 0 saturated carbocycles. The first kappa shape index (κ1) is 16.2. The molecule has 0 aromatic heterocycles. The van der Waals surface area contributed by atoms with Crippen LogP contribution >= 0.6 is 0 Å². The van der Waals surface area contributed by atoms with Gasteiger partial charge in [0.15, 0.2) is 0 Å². The van der Waals surface area contributed by atoms with Crippen LogP contribution in [0.5, 0.6) is 5.75 Å². The number of rotatable bonds is 6. The van der Waals surface area contributed by atoms with Crippen LogP contribution in [-0.4, -0.2) is 57.8 Å². The summed E-state index contributed by atoms with van der Waals surface area (Å²) < 4.78 is 32.4. The molecule has 0 saturated heterocycles. The zero-order valence-corrected chi connectivity index (χ0v) is 13.4. The Hall–Kier alpha value is -1.15. The van der Waals surface area contributed by atoms with Gasteiger partial charge in [-0.05, 0) is 44.8 Å². The summed E-state index contributed by atoms with van der Waals surface area (Å²) in [6.07, 6.45) is 0.719. The van der Waals surface area contributed by atoms with Crippen molar-refractivity contribution in [3.05, 3.63) is 23.8 Å². The number of benzene rings is 1. The van der Waals surface area contributed by atoms with Gasteiger partial charge in [-0.1, -0.05) is 0 Å². The number of hydrogen-bond acceptors (Lipinski definition) is 5. The third-order valence-corrected chi connectivity index (χ3v) is 4.67. The van der Waals surface area contributed by atoms with Crippen LogP contribution in [0.2, 0.25) is 0 Å². The van der Waals surface area contributed by atoms with Gasteiger partial charge in [0.25, 0.3) is 0 Å². The number of likely N-dealkylation sites (N-methyl/N-ethyl adjacent to an activating group) is 1. The fraction of sp³-hybridized carbons (Fsp3) is 0.571. The summed E-state index contributed by atoms with van der Waals surface area (Å²) >= 11 is 0. The minimum Gasteiger partial charge on any atom is -0.493 e. The molecule has 2 rings (SSSR count). The Kier molecular flexibility index (Phi) is 4.57. The average Bonchev–Trinajstić information content (AvgIpc) is 2.82. The van der Waals surface area contributed by atoms with E-state index < -0.39 is 15.6 Å². The standard InChI is InChI=1S/C14H22N2O4S/c1-14(17,10-16(2)3)9-15-21(18,19)12-4-5-13-11(8-12)6-7-20-13/h4-5,8,15,17H,6-7,9-10H2,1-3H3. The molecule has 0 amide bonds. The van der Waals surface area contributed by atoms with Gasteiger partial charge in [-0.2, -0.15) is 0 Å². The van der Waals surface area contributed by atoms with E-state index in [-0.39, 0.29) is 11.4 Å². The number of nitrogens with zero attached hydrogens (tertiary/aromatic N) is 1. The number of ether oxygens (including phenoxy) is 1. The third-order valence-electron chi connectivity index (χ3n) is 3.27. The van der Waals surface area contributed by atoms with Gasteiger partial charge in [-0.3, -0.25) is 0 Å². The Bertz CT molecular complexity index is 611. The van der Waals surface area contributed by atoms with Gasteiger partial charge in [0.1, 0.15) is 5.75 Å². The molecular formula is C14H22N2O4S. The average molecular weight is 314 g/mol. The summed E-state index contributed by atoms with van der Waals surface area (Å²) in [5.74, 6) is 0.744. The van der Waals surface area contributed by atoms with Crippen LogP contribution in [0.4, 0.5) is 0 Å². The SMILES string of the molecule is CN(C)CC(C)(O)CNS(=O)(=O)c1ccc2c(c1)CCO2. The molecule has 1 atom stereocenters. The van der Waals surface area contributed by atoms with Gasteiger partial charge in [-0.15, -0.1) is 0 Å². The molecule has 21 heavy (non-hydrogen) atoms. The lowest BCUT2D eigenvalue weighted by Crippen LogP contribution is -2.47. The van der Waals surface area contributed by atoms with E-state index in [0.717, 1.165) is 17.7 Å². The maximum atomic E-state index is 12.3. The van der Waals surface area contributed by atoms with Gasteiger partial charge in [0.2, 0.25) is 10.0 Å². The highest BCUT2D eigenvalue weighted by molar-refractivity contribution is 7.89. The molecule has 0 spiro atoms. The summed E-state index contributed by atoms with van der Waals surface area (Å²) in [5, 5.41) is 10.2. The largest absolute Gasteiger partial charge is 0.493 e. The Morgan fingerprint density at radius 2 is 2.14 bits per heavy atom. The Labute approximate surface area is 125 Å². The van der Waals surface area contributed by atoms with Crippen molar-refractivity contribution in [2.75, 3.05) is 33.8 Å². The first-order chi connectivity index (χ1) is 9.70. The van der Waals surface area contributed by atoms with E-state index >= 15 is 0 Å². The van der Waals surface area contributed by atoms with Gasteiger partial charge in [-0.25, -0.2) is 13.1 Å². The fourth-order valence-corrected chi connectivity index (χ4v) is 3.61. The predicted molar refractivity (Wildman–Crippen MR) is 80.0 cm³/mol. The molecule has 0 aliphatic carbocycles. The molecule has 0 radical (unpaired) electrons. The molecule has 1 unspecified atom stereocenters. The van der Waals surface area contributed by atoms with E-state index in [9.17, 15) is 13.5 Å². The zero-order chi connectivity index (χ0) is 15.7. The molecule has 1 aromatic carbocycles. The Morgan fingerprint density at radius 1 is 1.43 bits per heavy atom. The third kappa shape index (κ3) is 4.16. The van der Waals surface area contributed by atoms with E-state index in [1.807, 2.05) is 14.1 Å². The smallest absolute Gasteiger partial charge is 0.240 e. The summed E-state index contributed by atoms with van der Waals surface area (Å²) in [7, 11) is 0.0109. The highest BCUT2D eigenvalue weighted by Crippen LogP contribution is 2.27. The second-order valence-electron chi connectivity index (χ2n) is 5.93. The molecule has 1 heterocycles. The molecule has 0 bridgehead atoms. The highest BCUT2D eigenvalue weighted by Gasteiger charge is 2.25. The fourth-order valence-electron chi connectivity index (χ4n) is 2.40. The van der Waals surface area contributed by atoms with Crippen molar-refractivity contribution in [1.29, 1.82) is 0 Å². The molecule has 2 N–H and O–H groups in total. The lowest BCUT2D eigenvalue weighted by molar-refractivity contribution is 0.0386. The van der Waals surface area contributed by atoms with Crippen molar-refractivity contribution in [2.24, 2.45) is 0 Å². The first-order valence-corrected chi connectivity index (χ1v) is 8.30. The minimum atomic E-state index is -3.63. The van der Waals surface area contributed by atoms with E-state index in [0.29, 0.717) is 13.2 Å². The summed E-state index contributed by atoms with van der Waals surface area (Å²) in [6.45, 7) is 2.52. The highest BCUT2D eigenvalue weighted by atomic mass is 32.2. The topological polar surface area (TPSA) is 78.9 Å². The van der Waals surface area contributed by atoms with Crippen LogP contribution in [0.3, 0.4) is 0 Å². The lowest BCUT2D eigenvalue weighted by Gasteiger charge is -2.27. The van der Waals surface area contributed by atoms with E-state index in [4.69, 9.17) is 4.74 Å². The van der Waals surface area contributed by atoms with E-state index in [1.165, 1.54) is 6.07 Å². The molecule has 0 fully saturated rings. The van der Waals surface area contributed by atoms with Crippen LogP contribution in [0.25, 0.3) is 0 Å². The number of hydrogen-bond donors (Lipinski definition) is 2. The van der Waals surface area contributed by atoms with Crippen molar-refractivity contribution in [2.45, 2.75) is 23.8 Å². The quantitative estimate of drug-likeness (QED) is 0.785. The molecule has 6 nitrogen and oxygen atoms in total. The van der Waals surface area contributed by atoms with Crippen molar-refractivity contribution in [3.8, 4) is 5.75 Å². The van der Waals surface area contributed by atoms with Crippen molar-refractivity contribution < 1.29 is 18.3 Å². The van der Waals surface area contributed by atoms with Crippen molar-refractivity contribution in [1.82, 2.24) is 9.62 Å². The maximum Gasteiger partial charge on any atom is 0.240 e. The minimum absolute atomic E-state index is 0.0406. The van der Waals surface area contributed by atoms with Crippen LogP contribution < -0.4 is 9.46 Å². The number of aliphatic hydroxyl groups is 1. The summed E-state index contributed by atoms with van der Waals surface area (Å²) in [5.41, 5.74) is -0.228. The van der Waals surface area contributed by atoms with Gasteiger partial charge < -0.3 is 14.7 Å². The monoisotopic (exact) mass is 314 g/mol. The van der Waals surface area contributed by atoms with Gasteiger partial charge in [0.05, 0.1) is 17.1 Å². The molecule has 7 heteroatoms. The lowest BCUT2D eigenvalue weighted by atomic mass is 10.1. The molecule has 1 aliphatic heterocycles. The normalized spacial score (nSPS) is 17.4. The van der Waals surface area contributed by atoms with Crippen LogP contribution in [-0.2, 0) is 16.4 Å². The van der Waals surface area contributed by atoms with Gasteiger partial charge >= 0.3 is 0 Å². The van der Waals surface area contributed by atoms with E-state index in [2.05, 4.69) is 4.72 Å². The van der Waals surface area contributed by atoms with Gasteiger partial charge in [0, 0.05) is 19.5 Å². The van der Waals surface area contributed by atoms with Crippen LogP contribution in [0.15, 0.2) is 23.1 Å². The maximum absolute atomic E-state index is 12.3. The van der Waals surface area contributed by atoms with Crippen LogP contribution in [0.1, 0.15) is 12.5 Å². The van der Waals surface area contributed by atoms with Crippen molar-refractivity contribution >= 4 is 10.0 Å². The van der Waals surface area contributed by atoms with E-state index in [1.54, 1.807) is 24.0 Å². The molecule has 118 valence electrons. The van der Waals surface area contributed by atoms with Crippen LogP contribution in [0, 0.1) is 0 Å². The summed E-state index contributed by atoms with van der Waals surface area (Å²) in [4.78, 5) is 2.01. The number of nitrogens with one attached hydrogen (secondary N) is 1. The summed E-state index contributed by atoms with van der Waals surface area (Å²) in [6, 6.07) is 4.83. The number of fused-ring (bicyclic) bond motifs is 1. The second-order valence-corrected chi connectivity index (χ2v) is 7.69. The molecular weight excluding hydrogens is 292 g/mol. The molecule has 1 aliphatic rings. The van der Waals surface area contributed by atoms with Crippen molar-refractivity contribution in [3.63, 3.8) is 0 Å². The Balaban J connectivity index is 2.08. The Morgan fingerprint density at radius 3 is 2.81 bits per heavy atom. The second kappa shape index (κ2) is 5.92. The predicted octanol–water partition coefficient (Wildman–Crippen LogP) is 0.212. The number of sulfonamides is 1.